The minimum absolute atomic E-state index is 0.000295. The van der Waals surface area contributed by atoms with E-state index >= 15 is 0 Å². The van der Waals surface area contributed by atoms with E-state index in [1.807, 2.05) is 17.5 Å². The fraction of sp³-hybridized carbons (Fsp3) is 0.600. The number of carboxylic acids is 1. The number of hydrogen-bond donors (Lipinski definition) is 3. The topological polar surface area (TPSA) is 78.4 Å². The van der Waals surface area contributed by atoms with Crippen molar-refractivity contribution in [3.8, 4) is 0 Å². The molecule has 1 aromatic heterocycles. The number of carbonyl (C=O) groups excluding carboxylic acids is 1. The van der Waals surface area contributed by atoms with Gasteiger partial charge in [0.25, 0.3) is 0 Å². The maximum Gasteiger partial charge on any atom is 0.315 e. The second-order valence-corrected chi connectivity index (χ2v) is 6.44. The third-order valence-corrected chi connectivity index (χ3v) is 4.90. The molecule has 0 saturated heterocycles. The number of carboxylic acid groups (broad SMARTS) is 1. The Labute approximate surface area is 128 Å². The standard InChI is InChI=1S/C15H22N2O3S/c1-2-5-12(13-8-4-9-21-13)17-15(20)16-11-7-3-6-10(11)14(18)19/h4,8-12H,2-3,5-7H2,1H3,(H,18,19)(H2,16,17,20). The zero-order chi connectivity index (χ0) is 15.2. The molecule has 0 aromatic carbocycles. The van der Waals surface area contributed by atoms with Crippen molar-refractivity contribution < 1.29 is 14.7 Å². The van der Waals surface area contributed by atoms with Gasteiger partial charge in [0, 0.05) is 10.9 Å². The van der Waals surface area contributed by atoms with Crippen LogP contribution in [0.2, 0.25) is 0 Å². The summed E-state index contributed by atoms with van der Waals surface area (Å²) in [4.78, 5) is 24.4. The number of nitrogens with one attached hydrogen (secondary N) is 2. The van der Waals surface area contributed by atoms with Gasteiger partial charge in [0.2, 0.25) is 0 Å². The Bertz CT molecular complexity index is 475. The number of carbonyl (C=O) groups is 2. The highest BCUT2D eigenvalue weighted by atomic mass is 32.1. The minimum atomic E-state index is -0.818. The summed E-state index contributed by atoms with van der Waals surface area (Å²) >= 11 is 1.62. The largest absolute Gasteiger partial charge is 0.481 e. The summed E-state index contributed by atoms with van der Waals surface area (Å²) in [6, 6.07) is 3.47. The summed E-state index contributed by atoms with van der Waals surface area (Å²) in [7, 11) is 0. The van der Waals surface area contributed by atoms with Gasteiger partial charge in [-0.05, 0) is 30.7 Å². The van der Waals surface area contributed by atoms with Crippen molar-refractivity contribution in [2.75, 3.05) is 0 Å². The number of amides is 2. The first-order valence-corrected chi connectivity index (χ1v) is 8.33. The molecule has 1 aliphatic rings. The summed E-state index contributed by atoms with van der Waals surface area (Å²) < 4.78 is 0. The van der Waals surface area contributed by atoms with E-state index in [1.165, 1.54) is 0 Å². The second-order valence-electron chi connectivity index (χ2n) is 5.46. The van der Waals surface area contributed by atoms with Crippen LogP contribution in [0, 0.1) is 5.92 Å². The molecule has 6 heteroatoms. The third kappa shape index (κ3) is 4.20. The van der Waals surface area contributed by atoms with Gasteiger partial charge < -0.3 is 15.7 Å². The van der Waals surface area contributed by atoms with Crippen LogP contribution in [0.15, 0.2) is 17.5 Å². The van der Waals surface area contributed by atoms with E-state index in [9.17, 15) is 9.59 Å². The van der Waals surface area contributed by atoms with Crippen LogP contribution < -0.4 is 10.6 Å². The number of thiophene rings is 1. The van der Waals surface area contributed by atoms with Gasteiger partial charge in [-0.3, -0.25) is 4.79 Å². The molecule has 1 aliphatic carbocycles. The Hall–Kier alpha value is -1.56. The van der Waals surface area contributed by atoms with Crippen LogP contribution in [0.5, 0.6) is 0 Å². The van der Waals surface area contributed by atoms with Gasteiger partial charge in [-0.25, -0.2) is 4.79 Å². The van der Waals surface area contributed by atoms with Gasteiger partial charge in [0.05, 0.1) is 12.0 Å². The van der Waals surface area contributed by atoms with Gasteiger partial charge >= 0.3 is 12.0 Å². The molecular weight excluding hydrogens is 288 g/mol. The van der Waals surface area contributed by atoms with Crippen LogP contribution in [-0.2, 0) is 4.79 Å². The summed E-state index contributed by atoms with van der Waals surface area (Å²) in [6.07, 6.45) is 4.08. The molecule has 116 valence electrons. The summed E-state index contributed by atoms with van der Waals surface area (Å²) in [6.45, 7) is 2.08. The quantitative estimate of drug-likeness (QED) is 0.755. The maximum atomic E-state index is 12.1. The van der Waals surface area contributed by atoms with Gasteiger partial charge in [0.15, 0.2) is 0 Å². The fourth-order valence-corrected chi connectivity index (χ4v) is 3.67. The average molecular weight is 310 g/mol. The van der Waals surface area contributed by atoms with E-state index in [0.29, 0.717) is 6.42 Å². The third-order valence-electron chi connectivity index (χ3n) is 3.92. The SMILES string of the molecule is CCCC(NC(=O)NC1CCCC1C(=O)O)c1cccs1. The molecule has 1 saturated carbocycles. The van der Waals surface area contributed by atoms with Gasteiger partial charge in [-0.2, -0.15) is 0 Å². The number of hydrogen-bond acceptors (Lipinski definition) is 3. The highest BCUT2D eigenvalue weighted by Gasteiger charge is 2.34. The van der Waals surface area contributed by atoms with E-state index < -0.39 is 11.9 Å². The maximum absolute atomic E-state index is 12.1. The Morgan fingerprint density at radius 2 is 2.29 bits per heavy atom. The van der Waals surface area contributed by atoms with E-state index in [0.717, 1.165) is 30.6 Å². The van der Waals surface area contributed by atoms with Crippen molar-refractivity contribution in [1.29, 1.82) is 0 Å². The highest BCUT2D eigenvalue weighted by Crippen LogP contribution is 2.26. The normalized spacial score (nSPS) is 22.7. The van der Waals surface area contributed by atoms with Crippen LogP contribution in [0.25, 0.3) is 0 Å². The first-order valence-electron chi connectivity index (χ1n) is 7.45. The van der Waals surface area contributed by atoms with Crippen LogP contribution >= 0.6 is 11.3 Å². The Kier molecular flexibility index (Phi) is 5.61. The zero-order valence-electron chi connectivity index (χ0n) is 12.2. The van der Waals surface area contributed by atoms with E-state index in [1.54, 1.807) is 11.3 Å². The Balaban J connectivity index is 1.92. The van der Waals surface area contributed by atoms with Crippen LogP contribution in [0.3, 0.4) is 0 Å². The van der Waals surface area contributed by atoms with Crippen molar-refractivity contribution in [3.05, 3.63) is 22.4 Å². The molecule has 0 bridgehead atoms. The van der Waals surface area contributed by atoms with Crippen LogP contribution in [0.4, 0.5) is 4.79 Å². The molecule has 21 heavy (non-hydrogen) atoms. The van der Waals surface area contributed by atoms with Crippen molar-refractivity contribution in [2.45, 2.75) is 51.1 Å². The minimum Gasteiger partial charge on any atom is -0.481 e. The molecule has 1 aromatic rings. The molecule has 1 fully saturated rings. The molecule has 2 rings (SSSR count). The predicted molar refractivity (Wildman–Crippen MR) is 82.4 cm³/mol. The highest BCUT2D eigenvalue weighted by molar-refractivity contribution is 7.10. The molecule has 0 aliphatic heterocycles. The van der Waals surface area contributed by atoms with Crippen LogP contribution in [0.1, 0.15) is 49.9 Å². The molecule has 0 radical (unpaired) electrons. The van der Waals surface area contributed by atoms with Crippen molar-refractivity contribution in [3.63, 3.8) is 0 Å². The fourth-order valence-electron chi connectivity index (χ4n) is 2.86. The molecule has 0 spiro atoms. The Morgan fingerprint density at radius 3 is 2.90 bits per heavy atom. The molecule has 5 nitrogen and oxygen atoms in total. The summed E-state index contributed by atoms with van der Waals surface area (Å²) in [5.41, 5.74) is 0. The molecule has 3 atom stereocenters. The van der Waals surface area contributed by atoms with E-state index in [-0.39, 0.29) is 18.1 Å². The number of aliphatic carboxylic acids is 1. The van der Waals surface area contributed by atoms with Crippen molar-refractivity contribution >= 4 is 23.3 Å². The number of rotatable bonds is 6. The molecular formula is C15H22N2O3S. The van der Waals surface area contributed by atoms with Gasteiger partial charge in [-0.15, -0.1) is 11.3 Å². The predicted octanol–water partition coefficient (Wildman–Crippen LogP) is 3.14. The summed E-state index contributed by atoms with van der Waals surface area (Å²) in [5, 5.41) is 16.9. The zero-order valence-corrected chi connectivity index (χ0v) is 13.0. The van der Waals surface area contributed by atoms with Gasteiger partial charge in [0.1, 0.15) is 0 Å². The second kappa shape index (κ2) is 7.45. The number of urea groups is 1. The van der Waals surface area contributed by atoms with Gasteiger partial charge in [-0.1, -0.05) is 25.8 Å². The first-order chi connectivity index (χ1) is 10.1. The van der Waals surface area contributed by atoms with E-state index in [4.69, 9.17) is 5.11 Å². The lowest BCUT2D eigenvalue weighted by Crippen LogP contribution is -2.46. The average Bonchev–Trinajstić information content (AvgIpc) is 3.08. The van der Waals surface area contributed by atoms with Crippen molar-refractivity contribution in [2.24, 2.45) is 5.92 Å². The Morgan fingerprint density at radius 1 is 1.48 bits per heavy atom. The molecule has 3 N–H and O–H groups in total. The summed E-state index contributed by atoms with van der Waals surface area (Å²) in [5.74, 6) is -1.27. The van der Waals surface area contributed by atoms with E-state index in [2.05, 4.69) is 17.6 Å². The van der Waals surface area contributed by atoms with Crippen LogP contribution in [-0.4, -0.2) is 23.1 Å². The van der Waals surface area contributed by atoms with Crippen molar-refractivity contribution in [1.82, 2.24) is 10.6 Å². The lowest BCUT2D eigenvalue weighted by molar-refractivity contribution is -0.142. The smallest absolute Gasteiger partial charge is 0.315 e. The lowest BCUT2D eigenvalue weighted by Gasteiger charge is -2.21. The lowest BCUT2D eigenvalue weighted by atomic mass is 10.0. The molecule has 3 unspecified atom stereocenters. The first kappa shape index (κ1) is 15.8. The monoisotopic (exact) mass is 310 g/mol. The molecule has 1 heterocycles. The molecule has 2 amide bonds.